The van der Waals surface area contributed by atoms with Crippen molar-refractivity contribution in [2.24, 2.45) is 0 Å². The molecule has 1 aromatic heterocycles. The molecule has 6 nitrogen and oxygen atoms in total. The average Bonchev–Trinajstić information content (AvgIpc) is 2.82. The standard InChI is InChI=1S/C13H20N4O2/c1-3-5-15-12-8-14-7-11(16-12)13(18)17-10-4-6-19-9(10)2/h7-10H,3-6H2,1-2H3,(H,15,16)(H,17,18). The Morgan fingerprint density at radius 2 is 2.37 bits per heavy atom. The molecule has 2 atom stereocenters. The zero-order chi connectivity index (χ0) is 13.7. The Bertz CT molecular complexity index is 438. The molecule has 1 aliphatic heterocycles. The Kier molecular flexibility index (Phi) is 4.68. The van der Waals surface area contributed by atoms with Gasteiger partial charge in [0, 0.05) is 13.2 Å². The van der Waals surface area contributed by atoms with Gasteiger partial charge in [-0.15, -0.1) is 0 Å². The third-order valence-corrected chi connectivity index (χ3v) is 3.12. The van der Waals surface area contributed by atoms with Crippen molar-refractivity contribution in [2.45, 2.75) is 38.8 Å². The molecule has 0 aromatic carbocycles. The van der Waals surface area contributed by atoms with E-state index in [1.54, 1.807) is 6.20 Å². The molecule has 104 valence electrons. The first kappa shape index (κ1) is 13.7. The molecule has 2 unspecified atom stereocenters. The summed E-state index contributed by atoms with van der Waals surface area (Å²) in [5.41, 5.74) is 0.334. The molecule has 0 aliphatic carbocycles. The van der Waals surface area contributed by atoms with Crippen LogP contribution in [0.1, 0.15) is 37.2 Å². The van der Waals surface area contributed by atoms with Crippen molar-refractivity contribution < 1.29 is 9.53 Å². The summed E-state index contributed by atoms with van der Waals surface area (Å²) in [4.78, 5) is 20.4. The predicted molar refractivity (Wildman–Crippen MR) is 72.1 cm³/mol. The lowest BCUT2D eigenvalue weighted by molar-refractivity contribution is 0.0861. The second-order valence-electron chi connectivity index (χ2n) is 4.66. The Morgan fingerprint density at radius 1 is 1.53 bits per heavy atom. The SMILES string of the molecule is CCCNc1cncc(C(=O)NC2CCOC2C)n1. The highest BCUT2D eigenvalue weighted by molar-refractivity contribution is 5.92. The molecule has 1 aliphatic rings. The minimum absolute atomic E-state index is 0.0540. The molecule has 2 N–H and O–H groups in total. The lowest BCUT2D eigenvalue weighted by Crippen LogP contribution is -2.39. The summed E-state index contributed by atoms with van der Waals surface area (Å²) in [7, 11) is 0. The minimum Gasteiger partial charge on any atom is -0.376 e. The molecule has 1 saturated heterocycles. The average molecular weight is 264 g/mol. The largest absolute Gasteiger partial charge is 0.376 e. The number of aromatic nitrogens is 2. The fraction of sp³-hybridized carbons (Fsp3) is 0.615. The van der Waals surface area contributed by atoms with E-state index in [2.05, 4.69) is 27.5 Å². The van der Waals surface area contributed by atoms with Crippen LogP contribution in [0.25, 0.3) is 0 Å². The number of hydrogen-bond acceptors (Lipinski definition) is 5. The monoisotopic (exact) mass is 264 g/mol. The van der Waals surface area contributed by atoms with Gasteiger partial charge in [0.2, 0.25) is 0 Å². The van der Waals surface area contributed by atoms with Crippen molar-refractivity contribution >= 4 is 11.7 Å². The third kappa shape index (κ3) is 3.64. The highest BCUT2D eigenvalue weighted by Gasteiger charge is 2.26. The first-order valence-corrected chi connectivity index (χ1v) is 6.69. The maximum atomic E-state index is 12.1. The summed E-state index contributed by atoms with van der Waals surface area (Å²) < 4.78 is 5.42. The van der Waals surface area contributed by atoms with Crippen LogP contribution in [-0.2, 0) is 4.74 Å². The minimum atomic E-state index is -0.199. The molecular formula is C13H20N4O2. The van der Waals surface area contributed by atoms with Gasteiger partial charge in [0.05, 0.1) is 24.5 Å². The second kappa shape index (κ2) is 6.47. The van der Waals surface area contributed by atoms with Gasteiger partial charge in [-0.25, -0.2) is 4.98 Å². The molecule has 2 heterocycles. The smallest absolute Gasteiger partial charge is 0.271 e. The predicted octanol–water partition coefficient (Wildman–Crippen LogP) is 1.21. The molecule has 6 heteroatoms. The fourth-order valence-corrected chi connectivity index (χ4v) is 1.98. The van der Waals surface area contributed by atoms with Gasteiger partial charge in [0.25, 0.3) is 5.91 Å². The molecule has 0 spiro atoms. The van der Waals surface area contributed by atoms with E-state index in [0.717, 1.165) is 19.4 Å². The summed E-state index contributed by atoms with van der Waals surface area (Å²) in [6, 6.07) is 0.0570. The number of nitrogens with zero attached hydrogens (tertiary/aromatic N) is 2. The number of rotatable bonds is 5. The lowest BCUT2D eigenvalue weighted by atomic mass is 10.1. The molecule has 0 radical (unpaired) electrons. The summed E-state index contributed by atoms with van der Waals surface area (Å²) in [5.74, 6) is 0.431. The van der Waals surface area contributed by atoms with E-state index in [4.69, 9.17) is 4.74 Å². The van der Waals surface area contributed by atoms with Crippen LogP contribution in [0.4, 0.5) is 5.82 Å². The van der Waals surface area contributed by atoms with Gasteiger partial charge in [-0.3, -0.25) is 9.78 Å². The van der Waals surface area contributed by atoms with Crippen LogP contribution < -0.4 is 10.6 Å². The first-order valence-electron chi connectivity index (χ1n) is 6.69. The molecule has 2 rings (SSSR count). The van der Waals surface area contributed by atoms with E-state index >= 15 is 0 Å². The molecule has 1 aromatic rings. The van der Waals surface area contributed by atoms with Crippen LogP contribution in [0, 0.1) is 0 Å². The normalized spacial score (nSPS) is 22.2. The van der Waals surface area contributed by atoms with Gasteiger partial charge in [0.1, 0.15) is 11.5 Å². The van der Waals surface area contributed by atoms with Crippen molar-refractivity contribution in [2.75, 3.05) is 18.5 Å². The molecule has 1 amide bonds. The highest BCUT2D eigenvalue weighted by Crippen LogP contribution is 2.13. The van der Waals surface area contributed by atoms with Crippen LogP contribution in [0.2, 0.25) is 0 Å². The van der Waals surface area contributed by atoms with Crippen molar-refractivity contribution in [3.05, 3.63) is 18.1 Å². The quantitative estimate of drug-likeness (QED) is 0.836. The van der Waals surface area contributed by atoms with E-state index in [0.29, 0.717) is 18.1 Å². The van der Waals surface area contributed by atoms with E-state index in [9.17, 15) is 4.79 Å². The van der Waals surface area contributed by atoms with Gasteiger partial charge in [-0.05, 0) is 19.8 Å². The number of amides is 1. The van der Waals surface area contributed by atoms with E-state index in [1.165, 1.54) is 6.20 Å². The van der Waals surface area contributed by atoms with Crippen molar-refractivity contribution in [1.29, 1.82) is 0 Å². The topological polar surface area (TPSA) is 76.1 Å². The number of anilines is 1. The van der Waals surface area contributed by atoms with E-state index in [-0.39, 0.29) is 18.1 Å². The molecule has 0 saturated carbocycles. The second-order valence-corrected chi connectivity index (χ2v) is 4.66. The summed E-state index contributed by atoms with van der Waals surface area (Å²) in [6.45, 7) is 5.53. The molecule has 0 bridgehead atoms. The summed E-state index contributed by atoms with van der Waals surface area (Å²) in [5, 5.41) is 6.05. The zero-order valence-corrected chi connectivity index (χ0v) is 11.3. The Labute approximate surface area is 113 Å². The number of carbonyl (C=O) groups is 1. The zero-order valence-electron chi connectivity index (χ0n) is 11.3. The summed E-state index contributed by atoms with van der Waals surface area (Å²) >= 11 is 0. The van der Waals surface area contributed by atoms with Crippen LogP contribution in [0.15, 0.2) is 12.4 Å². The Hall–Kier alpha value is -1.69. The number of nitrogens with one attached hydrogen (secondary N) is 2. The third-order valence-electron chi connectivity index (χ3n) is 3.12. The Balaban J connectivity index is 1.98. The maximum Gasteiger partial charge on any atom is 0.271 e. The number of hydrogen-bond donors (Lipinski definition) is 2. The van der Waals surface area contributed by atoms with Gasteiger partial charge in [0.15, 0.2) is 0 Å². The first-order chi connectivity index (χ1) is 9.20. The van der Waals surface area contributed by atoms with Crippen LogP contribution in [0.5, 0.6) is 0 Å². The number of ether oxygens (including phenoxy) is 1. The lowest BCUT2D eigenvalue weighted by Gasteiger charge is -2.15. The summed E-state index contributed by atoms with van der Waals surface area (Å²) in [6.07, 6.45) is 4.99. The van der Waals surface area contributed by atoms with Gasteiger partial charge < -0.3 is 15.4 Å². The van der Waals surface area contributed by atoms with Gasteiger partial charge >= 0.3 is 0 Å². The number of carbonyl (C=O) groups excluding carboxylic acids is 1. The van der Waals surface area contributed by atoms with Crippen LogP contribution in [0.3, 0.4) is 0 Å². The van der Waals surface area contributed by atoms with E-state index < -0.39 is 0 Å². The highest BCUT2D eigenvalue weighted by atomic mass is 16.5. The molecule has 1 fully saturated rings. The molecule has 19 heavy (non-hydrogen) atoms. The molecular weight excluding hydrogens is 244 g/mol. The van der Waals surface area contributed by atoms with Crippen LogP contribution >= 0.6 is 0 Å². The van der Waals surface area contributed by atoms with Crippen molar-refractivity contribution in [1.82, 2.24) is 15.3 Å². The van der Waals surface area contributed by atoms with Crippen molar-refractivity contribution in [3.63, 3.8) is 0 Å². The van der Waals surface area contributed by atoms with Gasteiger partial charge in [-0.1, -0.05) is 6.92 Å². The maximum absolute atomic E-state index is 12.1. The van der Waals surface area contributed by atoms with Crippen LogP contribution in [-0.4, -0.2) is 41.2 Å². The fourth-order valence-electron chi connectivity index (χ4n) is 1.98. The van der Waals surface area contributed by atoms with Gasteiger partial charge in [-0.2, -0.15) is 0 Å². The Morgan fingerprint density at radius 3 is 3.05 bits per heavy atom. The van der Waals surface area contributed by atoms with Crippen molar-refractivity contribution in [3.8, 4) is 0 Å². The van der Waals surface area contributed by atoms with E-state index in [1.807, 2.05) is 6.92 Å².